The Morgan fingerprint density at radius 1 is 1.06 bits per heavy atom. The lowest BCUT2D eigenvalue weighted by atomic mass is 10.1. The third-order valence-electron chi connectivity index (χ3n) is 5.31. The normalized spacial score (nSPS) is 11.1. The van der Waals surface area contributed by atoms with Crippen LogP contribution >= 0.6 is 11.3 Å². The number of H-pyrrole nitrogens is 1. The van der Waals surface area contributed by atoms with Gasteiger partial charge in [-0.15, -0.1) is 21.5 Å². The number of hydrogen-bond donors (Lipinski definition) is 1. The summed E-state index contributed by atoms with van der Waals surface area (Å²) in [5, 5.41) is 12.3. The Labute approximate surface area is 183 Å². The molecule has 0 bridgehead atoms. The van der Waals surface area contributed by atoms with Crippen LogP contribution in [0.1, 0.15) is 27.3 Å². The predicted octanol–water partition coefficient (Wildman–Crippen LogP) is 4.91. The Morgan fingerprint density at radius 2 is 1.90 bits per heavy atom. The summed E-state index contributed by atoms with van der Waals surface area (Å²) < 4.78 is 6.95. The van der Waals surface area contributed by atoms with Crippen molar-refractivity contribution < 1.29 is 9.53 Å². The van der Waals surface area contributed by atoms with E-state index in [2.05, 4.69) is 37.9 Å². The molecule has 0 amide bonds. The van der Waals surface area contributed by atoms with Gasteiger partial charge in [-0.1, -0.05) is 36.4 Å². The summed E-state index contributed by atoms with van der Waals surface area (Å²) in [6, 6.07) is 19.8. The van der Waals surface area contributed by atoms with Crippen molar-refractivity contribution >= 4 is 28.2 Å². The zero-order valence-corrected chi connectivity index (χ0v) is 17.7. The number of methoxy groups -OCH3 is 1. The van der Waals surface area contributed by atoms with E-state index in [1.807, 2.05) is 41.9 Å². The number of ether oxygens (including phenoxy) is 1. The maximum absolute atomic E-state index is 11.7. The average Bonchev–Trinajstić information content (AvgIpc) is 3.55. The number of carbonyl (C=O) groups is 1. The lowest BCUT2D eigenvalue weighted by molar-refractivity contribution is 0.0600. The van der Waals surface area contributed by atoms with E-state index in [1.54, 1.807) is 23.5 Å². The van der Waals surface area contributed by atoms with E-state index in [0.717, 1.165) is 27.6 Å². The molecule has 0 fully saturated rings. The predicted molar refractivity (Wildman–Crippen MR) is 121 cm³/mol. The highest BCUT2D eigenvalue weighted by Gasteiger charge is 2.17. The van der Waals surface area contributed by atoms with Crippen LogP contribution in [-0.4, -0.2) is 32.8 Å². The molecule has 0 atom stereocenters. The van der Waals surface area contributed by atoms with Crippen LogP contribution < -0.4 is 0 Å². The van der Waals surface area contributed by atoms with Gasteiger partial charge in [0.25, 0.3) is 0 Å². The maximum Gasteiger partial charge on any atom is 0.337 e. The van der Waals surface area contributed by atoms with Gasteiger partial charge in [0, 0.05) is 23.5 Å². The maximum atomic E-state index is 11.7. The largest absolute Gasteiger partial charge is 0.465 e. The number of para-hydroxylation sites is 1. The SMILES string of the molecule is COC(=O)c1ccc(Cn2c(Cc3c[nH]c4ccccc34)nnc2-c2cccs2)cc1. The Kier molecular flexibility index (Phi) is 5.09. The molecule has 0 aliphatic carbocycles. The molecule has 1 N–H and O–H groups in total. The summed E-state index contributed by atoms with van der Waals surface area (Å²) in [5.74, 6) is 1.40. The molecule has 0 aliphatic heterocycles. The van der Waals surface area contributed by atoms with Crippen LogP contribution in [0.2, 0.25) is 0 Å². The number of carbonyl (C=O) groups excluding carboxylic acids is 1. The zero-order chi connectivity index (χ0) is 21.2. The van der Waals surface area contributed by atoms with Gasteiger partial charge in [-0.3, -0.25) is 0 Å². The van der Waals surface area contributed by atoms with Crippen LogP contribution in [0, 0.1) is 0 Å². The van der Waals surface area contributed by atoms with Crippen molar-refractivity contribution in [3.05, 3.63) is 94.8 Å². The van der Waals surface area contributed by atoms with E-state index in [0.29, 0.717) is 18.5 Å². The third-order valence-corrected chi connectivity index (χ3v) is 6.17. The Bertz CT molecular complexity index is 1330. The van der Waals surface area contributed by atoms with Gasteiger partial charge in [-0.05, 0) is 40.8 Å². The molecule has 0 saturated carbocycles. The molecule has 0 spiro atoms. The molecule has 154 valence electrons. The number of aromatic amines is 1. The number of esters is 1. The van der Waals surface area contributed by atoms with Crippen molar-refractivity contribution in [2.24, 2.45) is 0 Å². The van der Waals surface area contributed by atoms with E-state index in [-0.39, 0.29) is 5.97 Å². The van der Waals surface area contributed by atoms with Crippen LogP contribution in [-0.2, 0) is 17.7 Å². The zero-order valence-electron chi connectivity index (χ0n) is 16.9. The molecule has 3 heterocycles. The van der Waals surface area contributed by atoms with Gasteiger partial charge in [-0.2, -0.15) is 0 Å². The lowest BCUT2D eigenvalue weighted by Crippen LogP contribution is -2.08. The first-order valence-corrected chi connectivity index (χ1v) is 10.8. The lowest BCUT2D eigenvalue weighted by Gasteiger charge is -2.10. The fourth-order valence-electron chi connectivity index (χ4n) is 3.72. The standard InChI is InChI=1S/C24H20N4O2S/c1-30-24(29)17-10-8-16(9-11-17)15-28-22(26-27-23(28)21-7-4-12-31-21)13-18-14-25-20-6-3-2-5-19(18)20/h2-12,14,25H,13,15H2,1H3. The summed E-state index contributed by atoms with van der Waals surface area (Å²) in [6.45, 7) is 0.610. The average molecular weight is 429 g/mol. The van der Waals surface area contributed by atoms with E-state index in [9.17, 15) is 4.79 Å². The number of nitrogens with zero attached hydrogens (tertiary/aromatic N) is 3. The molecule has 6 nitrogen and oxygen atoms in total. The fourth-order valence-corrected chi connectivity index (χ4v) is 4.43. The summed E-state index contributed by atoms with van der Waals surface area (Å²) in [5.41, 5.74) is 3.89. The summed E-state index contributed by atoms with van der Waals surface area (Å²) in [4.78, 5) is 16.1. The molecule has 0 radical (unpaired) electrons. The minimum atomic E-state index is -0.338. The quantitative estimate of drug-likeness (QED) is 0.390. The Balaban J connectivity index is 1.51. The summed E-state index contributed by atoms with van der Waals surface area (Å²) in [7, 11) is 1.39. The van der Waals surface area contributed by atoms with Crippen molar-refractivity contribution in [3.8, 4) is 10.7 Å². The molecular weight excluding hydrogens is 408 g/mol. The first-order chi connectivity index (χ1) is 15.2. The first-order valence-electron chi connectivity index (χ1n) is 9.91. The molecule has 5 rings (SSSR count). The van der Waals surface area contributed by atoms with E-state index in [1.165, 1.54) is 18.1 Å². The number of thiophene rings is 1. The fraction of sp³-hybridized carbons (Fsp3) is 0.125. The van der Waals surface area contributed by atoms with Crippen LogP contribution in [0.4, 0.5) is 0 Å². The number of hydrogen-bond acceptors (Lipinski definition) is 5. The summed E-state index contributed by atoms with van der Waals surface area (Å²) in [6.07, 6.45) is 2.71. The molecule has 31 heavy (non-hydrogen) atoms. The van der Waals surface area contributed by atoms with Gasteiger partial charge in [0.15, 0.2) is 5.82 Å². The topological polar surface area (TPSA) is 72.8 Å². The second-order valence-corrected chi connectivity index (χ2v) is 8.18. The van der Waals surface area contributed by atoms with Gasteiger partial charge in [0.2, 0.25) is 0 Å². The highest BCUT2D eigenvalue weighted by molar-refractivity contribution is 7.13. The minimum absolute atomic E-state index is 0.338. The molecular formula is C24H20N4O2S. The van der Waals surface area contributed by atoms with Crippen molar-refractivity contribution in [1.29, 1.82) is 0 Å². The number of aromatic nitrogens is 4. The molecule has 0 unspecified atom stereocenters. The van der Waals surface area contributed by atoms with Crippen molar-refractivity contribution in [2.75, 3.05) is 7.11 Å². The summed E-state index contributed by atoms with van der Waals surface area (Å²) >= 11 is 1.64. The van der Waals surface area contributed by atoms with Gasteiger partial charge >= 0.3 is 5.97 Å². The van der Waals surface area contributed by atoms with Gasteiger partial charge < -0.3 is 14.3 Å². The van der Waals surface area contributed by atoms with E-state index in [4.69, 9.17) is 4.74 Å². The highest BCUT2D eigenvalue weighted by atomic mass is 32.1. The van der Waals surface area contributed by atoms with E-state index >= 15 is 0 Å². The van der Waals surface area contributed by atoms with Crippen molar-refractivity contribution in [3.63, 3.8) is 0 Å². The van der Waals surface area contributed by atoms with Crippen molar-refractivity contribution in [2.45, 2.75) is 13.0 Å². The number of benzene rings is 2. The molecule has 3 aromatic heterocycles. The molecule has 5 aromatic rings. The molecule has 7 heteroatoms. The highest BCUT2D eigenvalue weighted by Crippen LogP contribution is 2.27. The first kappa shape index (κ1) is 19.3. The monoisotopic (exact) mass is 428 g/mol. The third kappa shape index (κ3) is 3.75. The van der Waals surface area contributed by atoms with Crippen LogP contribution in [0.15, 0.2) is 72.2 Å². The minimum Gasteiger partial charge on any atom is -0.465 e. The number of nitrogens with one attached hydrogen (secondary N) is 1. The van der Waals surface area contributed by atoms with Gasteiger partial charge in [0.1, 0.15) is 5.82 Å². The number of fused-ring (bicyclic) bond motifs is 1. The smallest absolute Gasteiger partial charge is 0.337 e. The van der Waals surface area contributed by atoms with Gasteiger partial charge in [0.05, 0.1) is 24.1 Å². The number of rotatable bonds is 6. The molecule has 0 aliphatic rings. The second-order valence-electron chi connectivity index (χ2n) is 7.23. The van der Waals surface area contributed by atoms with Crippen LogP contribution in [0.25, 0.3) is 21.6 Å². The van der Waals surface area contributed by atoms with Crippen molar-refractivity contribution in [1.82, 2.24) is 19.7 Å². The van der Waals surface area contributed by atoms with Gasteiger partial charge in [-0.25, -0.2) is 4.79 Å². The van der Waals surface area contributed by atoms with Crippen LogP contribution in [0.5, 0.6) is 0 Å². The van der Waals surface area contributed by atoms with Crippen LogP contribution in [0.3, 0.4) is 0 Å². The van der Waals surface area contributed by atoms with E-state index < -0.39 is 0 Å². The Hall–Kier alpha value is -3.71. The molecule has 2 aromatic carbocycles. The molecule has 0 saturated heterocycles. The second kappa shape index (κ2) is 8.20. The Morgan fingerprint density at radius 3 is 2.68 bits per heavy atom.